The summed E-state index contributed by atoms with van der Waals surface area (Å²) in [6.45, 7) is 10.0. The number of hydrogen-bond acceptors (Lipinski definition) is 3. The van der Waals surface area contributed by atoms with Gasteiger partial charge in [-0.25, -0.2) is 0 Å². The number of carbonyl (C=O) groups is 1. The summed E-state index contributed by atoms with van der Waals surface area (Å²) in [5.74, 6) is 0.592. The van der Waals surface area contributed by atoms with Gasteiger partial charge in [-0.05, 0) is 25.5 Å². The van der Waals surface area contributed by atoms with Crippen LogP contribution in [-0.4, -0.2) is 18.7 Å². The van der Waals surface area contributed by atoms with Crippen LogP contribution >= 0.6 is 0 Å². The van der Waals surface area contributed by atoms with Gasteiger partial charge in [0.25, 0.3) is 0 Å². The van der Waals surface area contributed by atoms with Crippen LogP contribution < -0.4 is 4.74 Å². The fraction of sp³-hybridized carbons (Fsp3) is 0.562. The van der Waals surface area contributed by atoms with Crippen molar-refractivity contribution in [3.05, 3.63) is 30.3 Å². The van der Waals surface area contributed by atoms with E-state index < -0.39 is 0 Å². The van der Waals surface area contributed by atoms with Crippen molar-refractivity contribution in [2.24, 2.45) is 5.92 Å². The van der Waals surface area contributed by atoms with E-state index in [1.807, 2.05) is 65.0 Å². The van der Waals surface area contributed by atoms with Gasteiger partial charge < -0.3 is 9.47 Å². The van der Waals surface area contributed by atoms with Gasteiger partial charge in [-0.2, -0.15) is 0 Å². The van der Waals surface area contributed by atoms with Gasteiger partial charge in [-0.3, -0.25) is 4.79 Å². The third kappa shape index (κ3) is 7.50. The monoisotopic (exact) mass is 266 g/mol. The summed E-state index contributed by atoms with van der Waals surface area (Å²) >= 11 is 0. The van der Waals surface area contributed by atoms with E-state index in [-0.39, 0.29) is 24.6 Å². The van der Waals surface area contributed by atoms with Gasteiger partial charge in [-0.1, -0.05) is 45.9 Å². The van der Waals surface area contributed by atoms with Crippen molar-refractivity contribution in [3.63, 3.8) is 0 Å². The van der Waals surface area contributed by atoms with Gasteiger partial charge in [0.1, 0.15) is 18.5 Å². The molecule has 0 aliphatic heterocycles. The molecule has 0 saturated heterocycles. The van der Waals surface area contributed by atoms with Crippen molar-refractivity contribution in [1.29, 1.82) is 0 Å². The van der Waals surface area contributed by atoms with Gasteiger partial charge in [0.05, 0.1) is 5.92 Å². The maximum Gasteiger partial charge on any atom is 0.308 e. The Kier molecular flexibility index (Phi) is 9.59. The molecule has 2 unspecified atom stereocenters. The second kappa shape index (κ2) is 10.4. The highest BCUT2D eigenvalue weighted by molar-refractivity contribution is 5.71. The minimum Gasteiger partial charge on any atom is -0.487 e. The van der Waals surface area contributed by atoms with E-state index in [1.165, 1.54) is 0 Å². The molecule has 0 bridgehead atoms. The zero-order valence-corrected chi connectivity index (χ0v) is 12.7. The zero-order valence-electron chi connectivity index (χ0n) is 12.7. The fourth-order valence-electron chi connectivity index (χ4n) is 1.27. The molecule has 0 saturated carbocycles. The molecule has 0 N–H and O–H groups in total. The first-order valence-electron chi connectivity index (χ1n) is 7.01. The van der Waals surface area contributed by atoms with Crippen LogP contribution in [0.3, 0.4) is 0 Å². The predicted molar refractivity (Wildman–Crippen MR) is 78.3 cm³/mol. The third-order valence-corrected chi connectivity index (χ3v) is 2.56. The van der Waals surface area contributed by atoms with E-state index in [4.69, 9.17) is 9.47 Å². The average Bonchev–Trinajstić information content (AvgIpc) is 2.47. The highest BCUT2D eigenvalue weighted by Crippen LogP contribution is 2.11. The Labute approximate surface area is 116 Å². The molecule has 0 radical (unpaired) electrons. The molecule has 1 aromatic carbocycles. The SMILES string of the molecule is CC.CCC(C)C(=O)OCC(C)Oc1ccccc1. The molecule has 0 fully saturated rings. The molecule has 3 heteroatoms. The van der Waals surface area contributed by atoms with E-state index in [9.17, 15) is 4.79 Å². The van der Waals surface area contributed by atoms with E-state index in [1.54, 1.807) is 0 Å². The molecule has 0 aliphatic rings. The van der Waals surface area contributed by atoms with Gasteiger partial charge in [0.15, 0.2) is 0 Å². The lowest BCUT2D eigenvalue weighted by molar-refractivity contribution is -0.150. The van der Waals surface area contributed by atoms with Crippen LogP contribution in [0, 0.1) is 5.92 Å². The van der Waals surface area contributed by atoms with Crippen LogP contribution in [-0.2, 0) is 9.53 Å². The standard InChI is InChI=1S/C14H20O3.C2H6/c1-4-11(2)14(15)16-10-12(3)17-13-8-6-5-7-9-13;1-2/h5-9,11-12H,4,10H2,1-3H3;1-2H3. The lowest BCUT2D eigenvalue weighted by atomic mass is 10.1. The maximum atomic E-state index is 11.5. The Hall–Kier alpha value is -1.51. The van der Waals surface area contributed by atoms with E-state index in [0.717, 1.165) is 12.2 Å². The highest BCUT2D eigenvalue weighted by atomic mass is 16.6. The van der Waals surface area contributed by atoms with Gasteiger partial charge >= 0.3 is 5.97 Å². The predicted octanol–water partition coefficient (Wildman–Crippen LogP) is 4.07. The molecule has 108 valence electrons. The minimum absolute atomic E-state index is 0.0427. The fourth-order valence-corrected chi connectivity index (χ4v) is 1.27. The molecule has 3 nitrogen and oxygen atoms in total. The largest absolute Gasteiger partial charge is 0.487 e. The van der Waals surface area contributed by atoms with Crippen LogP contribution in [0.1, 0.15) is 41.0 Å². The van der Waals surface area contributed by atoms with E-state index in [0.29, 0.717) is 0 Å². The quantitative estimate of drug-likeness (QED) is 0.728. The van der Waals surface area contributed by atoms with Crippen molar-refractivity contribution < 1.29 is 14.3 Å². The van der Waals surface area contributed by atoms with Crippen molar-refractivity contribution in [3.8, 4) is 5.75 Å². The normalized spacial score (nSPS) is 12.7. The summed E-state index contributed by atoms with van der Waals surface area (Å²) in [7, 11) is 0. The second-order valence-electron chi connectivity index (χ2n) is 4.18. The number of rotatable bonds is 6. The molecule has 0 aliphatic carbocycles. The van der Waals surface area contributed by atoms with Crippen molar-refractivity contribution in [2.45, 2.75) is 47.1 Å². The molecule has 0 aromatic heterocycles. The number of para-hydroxylation sites is 1. The molecular formula is C16H26O3. The molecule has 0 heterocycles. The summed E-state index contributed by atoms with van der Waals surface area (Å²) < 4.78 is 10.8. The topological polar surface area (TPSA) is 35.5 Å². The molecule has 2 atom stereocenters. The molecule has 19 heavy (non-hydrogen) atoms. The first-order chi connectivity index (χ1) is 9.13. The second-order valence-corrected chi connectivity index (χ2v) is 4.18. The van der Waals surface area contributed by atoms with Gasteiger partial charge in [0.2, 0.25) is 0 Å². The average molecular weight is 266 g/mol. The molecule has 0 amide bonds. The van der Waals surface area contributed by atoms with Crippen LogP contribution in [0.15, 0.2) is 30.3 Å². The third-order valence-electron chi connectivity index (χ3n) is 2.56. The smallest absolute Gasteiger partial charge is 0.308 e. The molecular weight excluding hydrogens is 240 g/mol. The number of benzene rings is 1. The summed E-state index contributed by atoms with van der Waals surface area (Å²) in [4.78, 5) is 11.5. The van der Waals surface area contributed by atoms with Crippen LogP contribution in [0.2, 0.25) is 0 Å². The number of carbonyl (C=O) groups excluding carboxylic acids is 1. The first-order valence-corrected chi connectivity index (χ1v) is 7.01. The summed E-state index contributed by atoms with van der Waals surface area (Å²) in [6.07, 6.45) is 0.664. The number of hydrogen-bond donors (Lipinski definition) is 0. The highest BCUT2D eigenvalue weighted by Gasteiger charge is 2.14. The van der Waals surface area contributed by atoms with Gasteiger partial charge in [-0.15, -0.1) is 0 Å². The van der Waals surface area contributed by atoms with E-state index >= 15 is 0 Å². The first kappa shape index (κ1) is 17.5. The van der Waals surface area contributed by atoms with Crippen molar-refractivity contribution >= 4 is 5.97 Å². The van der Waals surface area contributed by atoms with Crippen molar-refractivity contribution in [2.75, 3.05) is 6.61 Å². The Morgan fingerprint density at radius 1 is 1.16 bits per heavy atom. The molecule has 1 aromatic rings. The molecule has 0 spiro atoms. The Morgan fingerprint density at radius 3 is 2.26 bits per heavy atom. The maximum absolute atomic E-state index is 11.5. The Morgan fingerprint density at radius 2 is 1.74 bits per heavy atom. The zero-order chi connectivity index (χ0) is 14.7. The summed E-state index contributed by atoms with van der Waals surface area (Å²) in [5.41, 5.74) is 0. The van der Waals surface area contributed by atoms with Gasteiger partial charge in [0, 0.05) is 0 Å². The summed E-state index contributed by atoms with van der Waals surface area (Å²) in [5, 5.41) is 0. The lowest BCUT2D eigenvalue weighted by Gasteiger charge is -2.16. The Balaban J connectivity index is 0.00000154. The Bertz CT molecular complexity index is 335. The summed E-state index contributed by atoms with van der Waals surface area (Å²) in [6, 6.07) is 9.51. The molecule has 1 rings (SSSR count). The van der Waals surface area contributed by atoms with Crippen LogP contribution in [0.5, 0.6) is 5.75 Å². The number of ether oxygens (including phenoxy) is 2. The van der Waals surface area contributed by atoms with Crippen LogP contribution in [0.25, 0.3) is 0 Å². The minimum atomic E-state index is -0.156. The number of esters is 1. The lowest BCUT2D eigenvalue weighted by Crippen LogP contribution is -2.24. The van der Waals surface area contributed by atoms with Crippen LogP contribution in [0.4, 0.5) is 0 Å². The van der Waals surface area contributed by atoms with Crippen molar-refractivity contribution in [1.82, 2.24) is 0 Å². The van der Waals surface area contributed by atoms with E-state index in [2.05, 4.69) is 0 Å².